The zero-order chi connectivity index (χ0) is 16.3. The van der Waals surface area contributed by atoms with Crippen molar-refractivity contribution in [1.29, 1.82) is 0 Å². The Bertz CT molecular complexity index is 541. The van der Waals surface area contributed by atoms with Crippen LogP contribution < -0.4 is 0 Å². The molecule has 2 amide bonds. The van der Waals surface area contributed by atoms with Gasteiger partial charge in [-0.15, -0.1) is 0 Å². The minimum absolute atomic E-state index is 0.130. The molecule has 0 spiro atoms. The second-order valence-electron chi connectivity index (χ2n) is 6.73. The number of halogens is 1. The van der Waals surface area contributed by atoms with Crippen molar-refractivity contribution >= 4 is 27.7 Å². The molecule has 22 heavy (non-hydrogen) atoms. The molecule has 1 aliphatic heterocycles. The molecule has 1 aliphatic rings. The Balaban J connectivity index is 1.87. The molecule has 5 heteroatoms. The van der Waals surface area contributed by atoms with Crippen molar-refractivity contribution in [2.24, 2.45) is 5.41 Å². The van der Waals surface area contributed by atoms with Crippen molar-refractivity contribution in [3.8, 4) is 0 Å². The van der Waals surface area contributed by atoms with Gasteiger partial charge < -0.3 is 9.80 Å². The summed E-state index contributed by atoms with van der Waals surface area (Å²) in [4.78, 5) is 28.3. The van der Waals surface area contributed by atoms with Crippen molar-refractivity contribution in [1.82, 2.24) is 9.80 Å². The highest BCUT2D eigenvalue weighted by molar-refractivity contribution is 9.10. The molecule has 0 unspecified atom stereocenters. The zero-order valence-corrected chi connectivity index (χ0v) is 15.0. The van der Waals surface area contributed by atoms with Crippen molar-refractivity contribution in [3.05, 3.63) is 34.3 Å². The normalized spacial score (nSPS) is 15.8. The van der Waals surface area contributed by atoms with E-state index in [-0.39, 0.29) is 17.2 Å². The lowest BCUT2D eigenvalue weighted by Crippen LogP contribution is -2.53. The van der Waals surface area contributed by atoms with Crippen LogP contribution in [0.25, 0.3) is 0 Å². The maximum atomic E-state index is 12.3. The molecule has 1 saturated heterocycles. The van der Waals surface area contributed by atoms with Crippen molar-refractivity contribution < 1.29 is 9.59 Å². The Morgan fingerprint density at radius 3 is 2.00 bits per heavy atom. The SMILES string of the molecule is CC(C)(C)C(=O)N1CCN(C(=O)Cc2ccc(Br)cc2)CC1. The molecule has 0 radical (unpaired) electrons. The van der Waals surface area contributed by atoms with E-state index in [1.165, 1.54) is 0 Å². The number of nitrogens with zero attached hydrogens (tertiary/aromatic N) is 2. The largest absolute Gasteiger partial charge is 0.339 e. The van der Waals surface area contributed by atoms with E-state index in [4.69, 9.17) is 0 Å². The summed E-state index contributed by atoms with van der Waals surface area (Å²) in [6.07, 6.45) is 0.417. The van der Waals surface area contributed by atoms with Crippen LogP contribution in [0.3, 0.4) is 0 Å². The van der Waals surface area contributed by atoms with Gasteiger partial charge in [0.1, 0.15) is 0 Å². The molecule has 0 saturated carbocycles. The summed E-state index contributed by atoms with van der Waals surface area (Å²) in [7, 11) is 0. The van der Waals surface area contributed by atoms with Gasteiger partial charge in [0.2, 0.25) is 11.8 Å². The molecule has 1 aromatic carbocycles. The standard InChI is InChI=1S/C17H23BrN2O2/c1-17(2,3)16(22)20-10-8-19(9-11-20)15(21)12-13-4-6-14(18)7-5-13/h4-7H,8-12H2,1-3H3. The Kier molecular flexibility index (Phi) is 5.27. The molecule has 2 rings (SSSR count). The summed E-state index contributed by atoms with van der Waals surface area (Å²) >= 11 is 3.39. The third kappa shape index (κ3) is 4.32. The number of carbonyl (C=O) groups excluding carboxylic acids is 2. The molecule has 0 aliphatic carbocycles. The van der Waals surface area contributed by atoms with E-state index in [1.807, 2.05) is 54.8 Å². The van der Waals surface area contributed by atoms with E-state index >= 15 is 0 Å². The van der Waals surface area contributed by atoms with E-state index < -0.39 is 0 Å². The summed E-state index contributed by atoms with van der Waals surface area (Å²) in [5, 5.41) is 0. The number of rotatable bonds is 2. The fraction of sp³-hybridized carbons (Fsp3) is 0.529. The molecule has 0 bridgehead atoms. The predicted octanol–water partition coefficient (Wildman–Crippen LogP) is 2.71. The fourth-order valence-corrected chi connectivity index (χ4v) is 2.79. The van der Waals surface area contributed by atoms with Gasteiger partial charge >= 0.3 is 0 Å². The lowest BCUT2D eigenvalue weighted by molar-refractivity contribution is -0.144. The van der Waals surface area contributed by atoms with Crippen LogP contribution in [0.5, 0.6) is 0 Å². The van der Waals surface area contributed by atoms with Crippen LogP contribution in [-0.2, 0) is 16.0 Å². The van der Waals surface area contributed by atoms with Crippen LogP contribution in [0.2, 0.25) is 0 Å². The van der Waals surface area contributed by atoms with Crippen LogP contribution in [0.1, 0.15) is 26.3 Å². The van der Waals surface area contributed by atoms with E-state index in [0.29, 0.717) is 32.6 Å². The van der Waals surface area contributed by atoms with E-state index in [9.17, 15) is 9.59 Å². The van der Waals surface area contributed by atoms with Crippen molar-refractivity contribution in [2.45, 2.75) is 27.2 Å². The van der Waals surface area contributed by atoms with Crippen LogP contribution >= 0.6 is 15.9 Å². The second kappa shape index (κ2) is 6.82. The maximum Gasteiger partial charge on any atom is 0.228 e. The number of hydrogen-bond acceptors (Lipinski definition) is 2. The molecule has 1 aromatic rings. The Labute approximate surface area is 140 Å². The summed E-state index contributed by atoms with van der Waals surface area (Å²) in [5.74, 6) is 0.290. The van der Waals surface area contributed by atoms with Gasteiger partial charge in [0.15, 0.2) is 0 Å². The van der Waals surface area contributed by atoms with Crippen molar-refractivity contribution in [2.75, 3.05) is 26.2 Å². The monoisotopic (exact) mass is 366 g/mol. The third-order valence-electron chi connectivity index (χ3n) is 3.83. The van der Waals surface area contributed by atoms with Crippen LogP contribution in [0.15, 0.2) is 28.7 Å². The fourth-order valence-electron chi connectivity index (χ4n) is 2.52. The second-order valence-corrected chi connectivity index (χ2v) is 7.64. The molecular weight excluding hydrogens is 344 g/mol. The van der Waals surface area contributed by atoms with E-state index in [2.05, 4.69) is 15.9 Å². The number of benzene rings is 1. The van der Waals surface area contributed by atoms with Gasteiger partial charge in [-0.05, 0) is 17.7 Å². The lowest BCUT2D eigenvalue weighted by Gasteiger charge is -2.37. The lowest BCUT2D eigenvalue weighted by atomic mass is 9.94. The van der Waals surface area contributed by atoms with Gasteiger partial charge in [0.25, 0.3) is 0 Å². The van der Waals surface area contributed by atoms with Gasteiger partial charge in [-0.1, -0.05) is 48.8 Å². The summed E-state index contributed by atoms with van der Waals surface area (Å²) in [5.41, 5.74) is 0.658. The molecule has 1 heterocycles. The Morgan fingerprint density at radius 1 is 1.00 bits per heavy atom. The number of piperazine rings is 1. The minimum Gasteiger partial charge on any atom is -0.339 e. The first kappa shape index (κ1) is 17.0. The first-order valence-corrected chi connectivity index (χ1v) is 8.38. The van der Waals surface area contributed by atoms with E-state index in [1.54, 1.807) is 0 Å². The highest BCUT2D eigenvalue weighted by atomic mass is 79.9. The molecule has 0 aromatic heterocycles. The van der Waals surface area contributed by atoms with Crippen LogP contribution in [0.4, 0.5) is 0 Å². The molecule has 1 fully saturated rings. The molecule has 4 nitrogen and oxygen atoms in total. The summed E-state index contributed by atoms with van der Waals surface area (Å²) < 4.78 is 1.01. The Morgan fingerprint density at radius 2 is 1.50 bits per heavy atom. The highest BCUT2D eigenvalue weighted by Crippen LogP contribution is 2.19. The molecule has 0 atom stereocenters. The molecular formula is C17H23BrN2O2. The van der Waals surface area contributed by atoms with Gasteiger partial charge in [0, 0.05) is 36.1 Å². The van der Waals surface area contributed by atoms with Crippen LogP contribution in [-0.4, -0.2) is 47.8 Å². The quantitative estimate of drug-likeness (QED) is 0.807. The number of hydrogen-bond donors (Lipinski definition) is 0. The van der Waals surface area contributed by atoms with Gasteiger partial charge in [-0.25, -0.2) is 0 Å². The number of amides is 2. The van der Waals surface area contributed by atoms with Crippen LogP contribution in [0, 0.1) is 5.41 Å². The summed E-state index contributed by atoms with van der Waals surface area (Å²) in [6, 6.07) is 7.81. The topological polar surface area (TPSA) is 40.6 Å². The minimum atomic E-state index is -0.358. The smallest absolute Gasteiger partial charge is 0.228 e. The van der Waals surface area contributed by atoms with Gasteiger partial charge in [0.05, 0.1) is 6.42 Å². The van der Waals surface area contributed by atoms with Gasteiger partial charge in [-0.2, -0.15) is 0 Å². The first-order valence-electron chi connectivity index (χ1n) is 7.59. The number of carbonyl (C=O) groups is 2. The van der Waals surface area contributed by atoms with Crippen molar-refractivity contribution in [3.63, 3.8) is 0 Å². The average Bonchev–Trinajstić information content (AvgIpc) is 2.48. The summed E-state index contributed by atoms with van der Waals surface area (Å²) in [6.45, 7) is 8.29. The highest BCUT2D eigenvalue weighted by Gasteiger charge is 2.30. The molecule has 120 valence electrons. The third-order valence-corrected chi connectivity index (χ3v) is 4.36. The predicted molar refractivity (Wildman–Crippen MR) is 90.5 cm³/mol. The van der Waals surface area contributed by atoms with Gasteiger partial charge in [-0.3, -0.25) is 9.59 Å². The molecule has 0 N–H and O–H groups in total. The maximum absolute atomic E-state index is 12.3. The zero-order valence-electron chi connectivity index (χ0n) is 13.4. The average molecular weight is 367 g/mol. The van der Waals surface area contributed by atoms with E-state index in [0.717, 1.165) is 10.0 Å². The Hall–Kier alpha value is -1.36. The first-order chi connectivity index (χ1) is 10.3.